The number of hydrogen-bond donors (Lipinski definition) is 2. The highest BCUT2D eigenvalue weighted by Crippen LogP contribution is 2.68. The molecule has 0 amide bonds. The molecule has 2 saturated heterocycles. The van der Waals surface area contributed by atoms with Crippen molar-refractivity contribution >= 4 is 20.6 Å². The number of ether oxygens (including phenoxy) is 5. The lowest BCUT2D eigenvalue weighted by Gasteiger charge is -2.69. The Morgan fingerprint density at radius 1 is 1.09 bits per heavy atom. The van der Waals surface area contributed by atoms with Gasteiger partial charge >= 0.3 is 11.9 Å². The third kappa shape index (κ3) is 4.52. The standard InChI is InChI=1S/C34H46O10Si/c1-9-45(39)21-16-34(38)28(41-29(37)20-13-11-10-12-14-20)26-32(8,22(36)15-23-33(26,17-40-23)42-19(3)35)27-25(43-31(6,7)44-27)24(18(21)2)30(34,4)5/h10-14,21-23,25-28,36,38H,9,15-17H2,1-8H3/t21-,22-,23+,25+,26-,27+,28-,32+,33-,34+/m0/s1. The number of carbonyl (C=O) groups excluding carboxylic acids is 2. The smallest absolute Gasteiger partial charge is 0.338 e. The molecule has 6 rings (SSSR count). The highest BCUT2D eigenvalue weighted by atomic mass is 28.3. The van der Waals surface area contributed by atoms with Gasteiger partial charge in [0.2, 0.25) is 0 Å². The van der Waals surface area contributed by atoms with Crippen LogP contribution in [0.1, 0.15) is 78.6 Å². The van der Waals surface area contributed by atoms with Gasteiger partial charge in [-0.3, -0.25) is 4.79 Å². The molecule has 2 saturated carbocycles. The van der Waals surface area contributed by atoms with Crippen LogP contribution < -0.4 is 0 Å². The number of aliphatic hydroxyl groups is 2. The van der Waals surface area contributed by atoms with Crippen LogP contribution in [-0.2, 0) is 32.9 Å². The third-order valence-electron chi connectivity index (χ3n) is 11.7. The molecule has 11 heteroatoms. The summed E-state index contributed by atoms with van der Waals surface area (Å²) in [6, 6.07) is 8.93. The molecule has 2 heterocycles. The fourth-order valence-electron chi connectivity index (χ4n) is 9.40. The predicted molar refractivity (Wildman–Crippen MR) is 163 cm³/mol. The Kier molecular flexibility index (Phi) is 7.70. The lowest BCUT2D eigenvalue weighted by molar-refractivity contribution is -0.362. The number of allylic oxidation sites excluding steroid dienone is 1. The summed E-state index contributed by atoms with van der Waals surface area (Å²) >= 11 is 0. The Labute approximate surface area is 266 Å². The summed E-state index contributed by atoms with van der Waals surface area (Å²) in [7, 11) is -2.26. The van der Waals surface area contributed by atoms with Crippen molar-refractivity contribution in [2.24, 2.45) is 16.7 Å². The summed E-state index contributed by atoms with van der Waals surface area (Å²) in [6.45, 7) is 14.4. The van der Waals surface area contributed by atoms with Crippen LogP contribution in [0.2, 0.25) is 11.6 Å². The molecule has 10 atom stereocenters. The topological polar surface area (TPSA) is 138 Å². The first kappa shape index (κ1) is 32.6. The first-order chi connectivity index (χ1) is 20.9. The molecule has 45 heavy (non-hydrogen) atoms. The third-order valence-corrected chi connectivity index (χ3v) is 13.8. The van der Waals surface area contributed by atoms with E-state index in [1.54, 1.807) is 44.2 Å². The van der Waals surface area contributed by atoms with E-state index in [-0.39, 0.29) is 25.0 Å². The van der Waals surface area contributed by atoms with Crippen LogP contribution >= 0.6 is 0 Å². The average Bonchev–Trinajstić information content (AvgIpc) is 3.29. The Morgan fingerprint density at radius 3 is 2.33 bits per heavy atom. The molecule has 0 spiro atoms. The van der Waals surface area contributed by atoms with Gasteiger partial charge < -0.3 is 38.4 Å². The lowest BCUT2D eigenvalue weighted by Crippen LogP contribution is -2.82. The fourth-order valence-corrected chi connectivity index (χ4v) is 11.1. The van der Waals surface area contributed by atoms with E-state index < -0.39 is 90.4 Å². The second kappa shape index (κ2) is 10.6. The number of esters is 2. The summed E-state index contributed by atoms with van der Waals surface area (Å²) in [5.41, 5.74) is -4.17. The maximum atomic E-state index is 14.0. The highest BCUT2D eigenvalue weighted by molar-refractivity contribution is 6.45. The van der Waals surface area contributed by atoms with E-state index in [9.17, 15) is 24.3 Å². The zero-order valence-electron chi connectivity index (χ0n) is 27.4. The second-order valence-electron chi connectivity index (χ2n) is 14.8. The molecule has 5 aliphatic rings. The van der Waals surface area contributed by atoms with Crippen molar-refractivity contribution in [3.63, 3.8) is 0 Å². The molecule has 10 nitrogen and oxygen atoms in total. The average molecular weight is 643 g/mol. The molecular formula is C34H46O10Si. The number of rotatable bonds is 5. The van der Waals surface area contributed by atoms with Gasteiger partial charge in [0.05, 0.1) is 30.3 Å². The van der Waals surface area contributed by atoms with Gasteiger partial charge in [0, 0.05) is 29.7 Å². The van der Waals surface area contributed by atoms with Crippen LogP contribution in [0.15, 0.2) is 41.5 Å². The Bertz CT molecular complexity index is 1440. The van der Waals surface area contributed by atoms with Gasteiger partial charge in [0.15, 0.2) is 11.4 Å². The molecule has 1 aromatic carbocycles. The minimum atomic E-state index is -2.26. The molecule has 0 aromatic heterocycles. The molecular weight excluding hydrogens is 596 g/mol. The molecule has 2 aliphatic heterocycles. The van der Waals surface area contributed by atoms with Gasteiger partial charge in [0.1, 0.15) is 23.9 Å². The zero-order valence-corrected chi connectivity index (χ0v) is 28.4. The molecule has 4 fully saturated rings. The molecule has 2 bridgehead atoms. The summed E-state index contributed by atoms with van der Waals surface area (Å²) < 4.78 is 45.9. The fraction of sp³-hybridized carbons (Fsp3) is 0.706. The van der Waals surface area contributed by atoms with Gasteiger partial charge in [-0.15, -0.1) is 0 Å². The van der Waals surface area contributed by atoms with Crippen LogP contribution in [0.3, 0.4) is 0 Å². The number of fused-ring (bicyclic) bond motifs is 8. The van der Waals surface area contributed by atoms with Gasteiger partial charge in [-0.05, 0) is 50.9 Å². The van der Waals surface area contributed by atoms with Crippen LogP contribution in [0.25, 0.3) is 0 Å². The first-order valence-corrected chi connectivity index (χ1v) is 17.7. The van der Waals surface area contributed by atoms with Crippen molar-refractivity contribution in [3.05, 3.63) is 47.0 Å². The zero-order chi connectivity index (χ0) is 32.9. The SMILES string of the molecule is CC[Si](=O)[C@H]1C[C@@]2(O)[C@@H](OC(=O)c3ccccc3)[C@@H]3[C@]4(OC(C)=O)CO[C@@H]4C[C@H](O)[C@@]3(C)[C@@H]3OC(C)(C)O[C@@H]3C(=C1C)C2(C)C. The monoisotopic (exact) mass is 642 g/mol. The van der Waals surface area contributed by atoms with Crippen molar-refractivity contribution in [3.8, 4) is 0 Å². The van der Waals surface area contributed by atoms with Crippen LogP contribution in [-0.4, -0.2) is 85.0 Å². The lowest BCUT2D eigenvalue weighted by atomic mass is 9.44. The van der Waals surface area contributed by atoms with E-state index in [1.807, 2.05) is 34.6 Å². The Morgan fingerprint density at radius 2 is 1.76 bits per heavy atom. The van der Waals surface area contributed by atoms with E-state index in [4.69, 9.17) is 23.7 Å². The minimum Gasteiger partial charge on any atom is -0.455 e. The summed E-state index contributed by atoms with van der Waals surface area (Å²) in [5.74, 6) is -3.31. The van der Waals surface area contributed by atoms with Crippen molar-refractivity contribution in [1.29, 1.82) is 0 Å². The number of hydrogen-bond acceptors (Lipinski definition) is 10. The van der Waals surface area contributed by atoms with E-state index >= 15 is 0 Å². The Hall–Kier alpha value is -2.28. The van der Waals surface area contributed by atoms with Gasteiger partial charge in [-0.1, -0.05) is 51.5 Å². The predicted octanol–water partition coefficient (Wildman–Crippen LogP) is 4.12. The Balaban J connectivity index is 1.68. The summed E-state index contributed by atoms with van der Waals surface area (Å²) in [6.07, 6.45) is -4.49. The summed E-state index contributed by atoms with van der Waals surface area (Å²) in [4.78, 5) is 26.9. The number of aliphatic hydroxyl groups excluding tert-OH is 1. The minimum absolute atomic E-state index is 0.0154. The molecule has 246 valence electrons. The van der Waals surface area contributed by atoms with Gasteiger partial charge in [0.25, 0.3) is 8.68 Å². The van der Waals surface area contributed by atoms with Crippen molar-refractivity contribution in [2.45, 2.75) is 127 Å². The first-order valence-electron chi connectivity index (χ1n) is 16.0. The normalized spacial score (nSPS) is 42.6. The van der Waals surface area contributed by atoms with E-state index in [0.29, 0.717) is 6.04 Å². The van der Waals surface area contributed by atoms with Crippen LogP contribution in [0.5, 0.6) is 0 Å². The quantitative estimate of drug-likeness (QED) is 0.274. The molecule has 2 N–H and O–H groups in total. The van der Waals surface area contributed by atoms with E-state index in [1.165, 1.54) is 6.92 Å². The largest absolute Gasteiger partial charge is 0.455 e. The second-order valence-corrected chi connectivity index (χ2v) is 17.2. The van der Waals surface area contributed by atoms with Crippen LogP contribution in [0.4, 0.5) is 0 Å². The van der Waals surface area contributed by atoms with Crippen molar-refractivity contribution in [1.82, 2.24) is 0 Å². The maximum Gasteiger partial charge on any atom is 0.338 e. The number of carbonyl (C=O) groups is 2. The molecule has 1 aromatic rings. The molecule has 0 unspecified atom stereocenters. The van der Waals surface area contributed by atoms with E-state index in [2.05, 4.69) is 0 Å². The molecule has 3 aliphatic carbocycles. The number of benzene rings is 1. The summed E-state index contributed by atoms with van der Waals surface area (Å²) in [5, 5.41) is 25.5. The molecule has 0 radical (unpaired) electrons. The van der Waals surface area contributed by atoms with E-state index in [0.717, 1.165) is 11.1 Å². The maximum absolute atomic E-state index is 14.0. The van der Waals surface area contributed by atoms with Crippen molar-refractivity contribution in [2.75, 3.05) is 6.61 Å². The van der Waals surface area contributed by atoms with Gasteiger partial charge in [-0.25, -0.2) is 4.79 Å². The van der Waals surface area contributed by atoms with Crippen molar-refractivity contribution < 1.29 is 47.9 Å². The van der Waals surface area contributed by atoms with Crippen LogP contribution in [0, 0.1) is 16.7 Å². The van der Waals surface area contributed by atoms with Gasteiger partial charge in [-0.2, -0.15) is 0 Å². The highest BCUT2D eigenvalue weighted by Gasteiger charge is 2.79.